The van der Waals surface area contributed by atoms with Crippen molar-refractivity contribution in [3.05, 3.63) is 27.5 Å². The SMILES string of the molecule is CCn1nc(C(F)(F)F)c(CSC2=CC(C)(CCl)ON2)c1Cl. The van der Waals surface area contributed by atoms with Crippen molar-refractivity contribution < 1.29 is 18.0 Å². The highest BCUT2D eigenvalue weighted by Gasteiger charge is 2.39. The van der Waals surface area contributed by atoms with Crippen molar-refractivity contribution in [2.45, 2.75) is 37.9 Å². The second-order valence-corrected chi connectivity index (χ2v) is 6.52. The van der Waals surface area contributed by atoms with Crippen LogP contribution < -0.4 is 5.48 Å². The largest absolute Gasteiger partial charge is 0.435 e. The van der Waals surface area contributed by atoms with E-state index in [0.29, 0.717) is 5.03 Å². The highest BCUT2D eigenvalue weighted by molar-refractivity contribution is 8.02. The summed E-state index contributed by atoms with van der Waals surface area (Å²) in [7, 11) is 0. The maximum Gasteiger partial charge on any atom is 0.435 e. The fourth-order valence-electron chi connectivity index (χ4n) is 1.83. The summed E-state index contributed by atoms with van der Waals surface area (Å²) in [4.78, 5) is 5.27. The molecular formula is C12H14Cl2F3N3OS. The molecular weight excluding hydrogens is 362 g/mol. The third kappa shape index (κ3) is 3.67. The quantitative estimate of drug-likeness (QED) is 0.783. The summed E-state index contributed by atoms with van der Waals surface area (Å²) in [6.07, 6.45) is -2.81. The molecule has 0 radical (unpaired) electrons. The van der Waals surface area contributed by atoms with E-state index < -0.39 is 17.5 Å². The molecule has 0 fully saturated rings. The molecule has 0 aromatic carbocycles. The Morgan fingerprint density at radius 2 is 2.18 bits per heavy atom. The summed E-state index contributed by atoms with van der Waals surface area (Å²) >= 11 is 12.9. The van der Waals surface area contributed by atoms with Crippen LogP contribution in [0.4, 0.5) is 13.2 Å². The number of alkyl halides is 4. The van der Waals surface area contributed by atoms with Gasteiger partial charge in [0.25, 0.3) is 0 Å². The summed E-state index contributed by atoms with van der Waals surface area (Å²) in [5, 5.41) is 4.14. The topological polar surface area (TPSA) is 39.1 Å². The van der Waals surface area contributed by atoms with Gasteiger partial charge in [-0.1, -0.05) is 11.6 Å². The lowest BCUT2D eigenvalue weighted by Gasteiger charge is -2.14. The number of nitrogens with zero attached hydrogens (tertiary/aromatic N) is 2. The minimum Gasteiger partial charge on any atom is -0.264 e. The van der Waals surface area contributed by atoms with Crippen LogP contribution in [0.5, 0.6) is 0 Å². The van der Waals surface area contributed by atoms with Crippen molar-refractivity contribution in [3.8, 4) is 0 Å². The monoisotopic (exact) mass is 375 g/mol. The average Bonchev–Trinajstić information content (AvgIpc) is 2.98. The first kappa shape index (κ1) is 17.8. The van der Waals surface area contributed by atoms with E-state index in [9.17, 15) is 13.2 Å². The molecule has 2 rings (SSSR count). The van der Waals surface area contributed by atoms with Gasteiger partial charge in [0.05, 0.1) is 10.9 Å². The van der Waals surface area contributed by atoms with E-state index in [1.165, 1.54) is 0 Å². The molecule has 0 saturated heterocycles. The summed E-state index contributed by atoms with van der Waals surface area (Å²) in [6.45, 7) is 3.71. The van der Waals surface area contributed by atoms with Gasteiger partial charge in [-0.15, -0.1) is 23.4 Å². The fourth-order valence-corrected chi connectivity index (χ4v) is 3.36. The molecule has 1 aliphatic heterocycles. The van der Waals surface area contributed by atoms with Gasteiger partial charge in [0.2, 0.25) is 0 Å². The van der Waals surface area contributed by atoms with Crippen LogP contribution in [0.1, 0.15) is 25.1 Å². The van der Waals surface area contributed by atoms with Gasteiger partial charge in [0, 0.05) is 17.9 Å². The third-order valence-corrected chi connectivity index (χ3v) is 4.91. The Morgan fingerprint density at radius 1 is 1.50 bits per heavy atom. The molecule has 0 amide bonds. The molecule has 1 unspecified atom stereocenters. The van der Waals surface area contributed by atoms with Crippen LogP contribution in [-0.4, -0.2) is 21.3 Å². The summed E-state index contributed by atoms with van der Waals surface area (Å²) in [5.41, 5.74) is 0.991. The number of aromatic nitrogens is 2. The maximum atomic E-state index is 13.0. The van der Waals surface area contributed by atoms with Crippen molar-refractivity contribution in [3.63, 3.8) is 0 Å². The van der Waals surface area contributed by atoms with Crippen molar-refractivity contribution >= 4 is 35.0 Å². The normalized spacial score (nSPS) is 21.9. The zero-order chi connectivity index (χ0) is 16.5. The molecule has 22 heavy (non-hydrogen) atoms. The second-order valence-electron chi connectivity index (χ2n) is 4.88. The van der Waals surface area contributed by atoms with E-state index >= 15 is 0 Å². The van der Waals surface area contributed by atoms with Gasteiger partial charge < -0.3 is 0 Å². The molecule has 2 heterocycles. The van der Waals surface area contributed by atoms with Gasteiger partial charge >= 0.3 is 6.18 Å². The number of thioether (sulfide) groups is 1. The smallest absolute Gasteiger partial charge is 0.264 e. The first-order valence-corrected chi connectivity index (χ1v) is 8.28. The Hall–Kier alpha value is -0.570. The number of hydroxylamine groups is 1. The van der Waals surface area contributed by atoms with Crippen LogP contribution in [0.2, 0.25) is 5.15 Å². The zero-order valence-corrected chi connectivity index (χ0v) is 14.1. The van der Waals surface area contributed by atoms with Gasteiger partial charge in [-0.25, -0.2) is 0 Å². The van der Waals surface area contributed by atoms with Crippen LogP contribution in [0.25, 0.3) is 0 Å². The number of aryl methyl sites for hydroxylation is 1. The van der Waals surface area contributed by atoms with E-state index in [0.717, 1.165) is 16.4 Å². The molecule has 0 aliphatic carbocycles. The van der Waals surface area contributed by atoms with Crippen LogP contribution in [-0.2, 0) is 23.3 Å². The second kappa shape index (κ2) is 6.51. The van der Waals surface area contributed by atoms with Gasteiger partial charge in [-0.05, 0) is 19.9 Å². The van der Waals surface area contributed by atoms with E-state index in [-0.39, 0.29) is 28.9 Å². The Balaban J connectivity index is 2.20. The van der Waals surface area contributed by atoms with Crippen molar-refractivity contribution in [1.82, 2.24) is 15.3 Å². The highest BCUT2D eigenvalue weighted by atomic mass is 35.5. The fraction of sp³-hybridized carbons (Fsp3) is 0.583. The molecule has 1 aromatic rings. The van der Waals surface area contributed by atoms with Gasteiger partial charge in [-0.3, -0.25) is 15.0 Å². The van der Waals surface area contributed by atoms with E-state index in [4.69, 9.17) is 28.0 Å². The van der Waals surface area contributed by atoms with Gasteiger partial charge in [-0.2, -0.15) is 18.3 Å². The van der Waals surface area contributed by atoms with E-state index in [2.05, 4.69) is 10.6 Å². The Kier molecular flexibility index (Phi) is 5.26. The first-order valence-electron chi connectivity index (χ1n) is 6.38. The Labute approximate surface area is 139 Å². The minimum absolute atomic E-state index is 0.00180. The van der Waals surface area contributed by atoms with E-state index in [1.807, 2.05) is 0 Å². The lowest BCUT2D eigenvalue weighted by molar-refractivity contribution is -0.142. The number of hydrogen-bond donors (Lipinski definition) is 1. The molecule has 1 N–H and O–H groups in total. The van der Waals surface area contributed by atoms with E-state index in [1.54, 1.807) is 19.9 Å². The molecule has 4 nitrogen and oxygen atoms in total. The lowest BCUT2D eigenvalue weighted by atomic mass is 10.1. The van der Waals surface area contributed by atoms with Gasteiger partial charge in [0.1, 0.15) is 10.8 Å². The highest BCUT2D eigenvalue weighted by Crippen LogP contribution is 2.38. The number of nitrogens with one attached hydrogen (secondary N) is 1. The molecule has 124 valence electrons. The Morgan fingerprint density at radius 3 is 2.68 bits per heavy atom. The molecule has 1 atom stereocenters. The number of rotatable bonds is 5. The molecule has 1 aliphatic rings. The van der Waals surface area contributed by atoms with Gasteiger partial charge in [0.15, 0.2) is 5.69 Å². The van der Waals surface area contributed by atoms with Crippen molar-refractivity contribution in [2.75, 3.05) is 5.88 Å². The summed E-state index contributed by atoms with van der Waals surface area (Å²) in [5.74, 6) is 0.251. The molecule has 10 heteroatoms. The predicted octanol–water partition coefficient (Wildman–Crippen LogP) is 4.18. The molecule has 0 bridgehead atoms. The molecule has 1 aromatic heterocycles. The lowest BCUT2D eigenvalue weighted by Crippen LogP contribution is -2.27. The average molecular weight is 376 g/mol. The van der Waals surface area contributed by atoms with Crippen LogP contribution in [0.3, 0.4) is 0 Å². The Bertz CT molecular complexity index is 591. The number of hydrogen-bond acceptors (Lipinski definition) is 4. The molecule has 0 spiro atoms. The first-order chi connectivity index (χ1) is 10.2. The molecule has 0 saturated carbocycles. The zero-order valence-electron chi connectivity index (χ0n) is 11.8. The van der Waals surface area contributed by atoms with Crippen molar-refractivity contribution in [1.29, 1.82) is 0 Å². The van der Waals surface area contributed by atoms with Crippen molar-refractivity contribution in [2.24, 2.45) is 0 Å². The summed E-state index contributed by atoms with van der Waals surface area (Å²) in [6, 6.07) is 0. The van der Waals surface area contributed by atoms with Crippen LogP contribution in [0.15, 0.2) is 11.1 Å². The van der Waals surface area contributed by atoms with Crippen LogP contribution >= 0.6 is 35.0 Å². The minimum atomic E-state index is -4.54. The third-order valence-electron chi connectivity index (χ3n) is 3.01. The summed E-state index contributed by atoms with van der Waals surface area (Å²) < 4.78 is 40.3. The predicted molar refractivity (Wildman–Crippen MR) is 80.6 cm³/mol. The number of halogens is 5. The maximum absolute atomic E-state index is 13.0. The van der Waals surface area contributed by atoms with Crippen LogP contribution in [0, 0.1) is 0 Å². The standard InChI is InChI=1S/C12H14Cl2F3N3OS/c1-3-20-10(14)7(9(18-20)12(15,16)17)5-22-8-4-11(2,6-13)21-19-8/h4,19H,3,5-6H2,1-2H3.